The first-order valence-electron chi connectivity index (χ1n) is 9.98. The lowest BCUT2D eigenvalue weighted by atomic mass is 9.97. The molecule has 2 aromatic heterocycles. The Labute approximate surface area is 183 Å². The van der Waals surface area contributed by atoms with Gasteiger partial charge in [-0.2, -0.15) is 5.26 Å². The average Bonchev–Trinajstić information content (AvgIpc) is 3.21. The number of nitrogens with zero attached hydrogens (tertiary/aromatic N) is 4. The van der Waals surface area contributed by atoms with E-state index in [0.29, 0.717) is 41.2 Å². The van der Waals surface area contributed by atoms with E-state index in [1.54, 1.807) is 25.2 Å². The van der Waals surface area contributed by atoms with Crippen LogP contribution < -0.4 is 20.9 Å². The highest BCUT2D eigenvalue weighted by molar-refractivity contribution is 5.83. The summed E-state index contributed by atoms with van der Waals surface area (Å²) in [6.07, 6.45) is 2.14. The van der Waals surface area contributed by atoms with Crippen LogP contribution in [0.2, 0.25) is 0 Å². The number of nitriles is 1. The number of ether oxygens (including phenoxy) is 1. The summed E-state index contributed by atoms with van der Waals surface area (Å²) in [6, 6.07) is 8.83. The minimum Gasteiger partial charge on any atom is -0.479 e. The van der Waals surface area contributed by atoms with Gasteiger partial charge in [0.05, 0.1) is 18.4 Å². The van der Waals surface area contributed by atoms with Crippen molar-refractivity contribution in [2.45, 2.75) is 12.5 Å². The highest BCUT2D eigenvalue weighted by atomic mass is 19.1. The molecule has 0 spiro atoms. The van der Waals surface area contributed by atoms with Crippen LogP contribution in [0.1, 0.15) is 12.0 Å². The van der Waals surface area contributed by atoms with E-state index in [4.69, 9.17) is 15.7 Å². The summed E-state index contributed by atoms with van der Waals surface area (Å²) >= 11 is 0. The molecule has 1 fully saturated rings. The molecule has 3 aromatic rings. The molecule has 0 bridgehead atoms. The van der Waals surface area contributed by atoms with Crippen molar-refractivity contribution in [3.63, 3.8) is 0 Å². The van der Waals surface area contributed by atoms with Crippen molar-refractivity contribution >= 4 is 5.69 Å². The topological polar surface area (TPSA) is 97.2 Å². The van der Waals surface area contributed by atoms with Gasteiger partial charge in [-0.3, -0.25) is 4.79 Å². The van der Waals surface area contributed by atoms with Gasteiger partial charge in [0.15, 0.2) is 5.82 Å². The fourth-order valence-corrected chi connectivity index (χ4v) is 4.00. The fraction of sp³-hybridized carbons (Fsp3) is 0.261. The molecule has 1 saturated heterocycles. The Morgan fingerprint density at radius 1 is 1.22 bits per heavy atom. The van der Waals surface area contributed by atoms with Gasteiger partial charge in [-0.1, -0.05) is 6.07 Å². The van der Waals surface area contributed by atoms with Crippen molar-refractivity contribution < 1.29 is 13.5 Å². The molecule has 9 heteroatoms. The zero-order chi connectivity index (χ0) is 23.0. The average molecular weight is 437 g/mol. The Bertz CT molecular complexity index is 1300. The summed E-state index contributed by atoms with van der Waals surface area (Å²) in [5.74, 6) is -1.55. The molecule has 7 nitrogen and oxygen atoms in total. The standard InChI is InChI=1S/C23H21F2N5O2/c1-29-21(15-8-19(25)22(32-2)28-11-15)17(13-3-4-14(10-26)18(24)7-13)9-20(23(29)31)30-6-5-16(27)12-30/h3-4,7-9,11,16H,5-6,12,27H2,1-2H3. The zero-order valence-corrected chi connectivity index (χ0v) is 17.6. The number of hydrogen-bond acceptors (Lipinski definition) is 6. The van der Waals surface area contributed by atoms with Crippen LogP contribution in [0, 0.1) is 23.0 Å². The van der Waals surface area contributed by atoms with E-state index in [-0.39, 0.29) is 23.0 Å². The minimum atomic E-state index is -0.691. The lowest BCUT2D eigenvalue weighted by Gasteiger charge is -2.22. The monoisotopic (exact) mass is 437 g/mol. The summed E-state index contributed by atoms with van der Waals surface area (Å²) in [4.78, 5) is 19.1. The fourth-order valence-electron chi connectivity index (χ4n) is 4.00. The van der Waals surface area contributed by atoms with E-state index >= 15 is 0 Å². The Balaban J connectivity index is 1.99. The van der Waals surface area contributed by atoms with Crippen molar-refractivity contribution in [1.29, 1.82) is 5.26 Å². The largest absolute Gasteiger partial charge is 0.479 e. The smallest absolute Gasteiger partial charge is 0.274 e. The predicted octanol–water partition coefficient (Wildman–Crippen LogP) is 2.81. The molecule has 1 unspecified atom stereocenters. The predicted molar refractivity (Wildman–Crippen MR) is 116 cm³/mol. The van der Waals surface area contributed by atoms with Gasteiger partial charge in [0.2, 0.25) is 5.88 Å². The normalized spacial score (nSPS) is 15.6. The first kappa shape index (κ1) is 21.5. The van der Waals surface area contributed by atoms with Crippen LogP contribution in [0.15, 0.2) is 41.3 Å². The van der Waals surface area contributed by atoms with Gasteiger partial charge in [0.25, 0.3) is 5.56 Å². The summed E-state index contributed by atoms with van der Waals surface area (Å²) in [7, 11) is 2.88. The van der Waals surface area contributed by atoms with Gasteiger partial charge in [-0.05, 0) is 36.2 Å². The van der Waals surface area contributed by atoms with Crippen molar-refractivity contribution in [3.05, 3.63) is 64.1 Å². The highest BCUT2D eigenvalue weighted by Gasteiger charge is 2.25. The van der Waals surface area contributed by atoms with E-state index < -0.39 is 11.6 Å². The molecular formula is C23H21F2N5O2. The van der Waals surface area contributed by atoms with Gasteiger partial charge < -0.3 is 19.9 Å². The number of nitrogens with two attached hydrogens (primary N) is 1. The van der Waals surface area contributed by atoms with Crippen LogP contribution in [-0.4, -0.2) is 35.8 Å². The van der Waals surface area contributed by atoms with E-state index in [0.717, 1.165) is 6.42 Å². The molecule has 1 aliphatic heterocycles. The first-order chi connectivity index (χ1) is 15.3. The van der Waals surface area contributed by atoms with Crippen LogP contribution in [0.3, 0.4) is 0 Å². The maximum absolute atomic E-state index is 14.5. The Morgan fingerprint density at radius 3 is 2.56 bits per heavy atom. The third-order valence-corrected chi connectivity index (χ3v) is 5.64. The number of hydrogen-bond donors (Lipinski definition) is 1. The Hall–Kier alpha value is -3.77. The molecule has 1 aliphatic rings. The number of benzene rings is 1. The van der Waals surface area contributed by atoms with Gasteiger partial charge in [0, 0.05) is 43.5 Å². The lowest BCUT2D eigenvalue weighted by Crippen LogP contribution is -2.33. The Kier molecular flexibility index (Phi) is 5.63. The molecule has 0 radical (unpaired) electrons. The third-order valence-electron chi connectivity index (χ3n) is 5.64. The molecule has 0 amide bonds. The molecule has 1 aromatic carbocycles. The van der Waals surface area contributed by atoms with E-state index in [2.05, 4.69) is 4.98 Å². The van der Waals surface area contributed by atoms with Gasteiger partial charge in [-0.25, -0.2) is 13.8 Å². The second-order valence-electron chi connectivity index (χ2n) is 7.67. The SMILES string of the molecule is COc1ncc(-c2c(-c3ccc(C#N)c(F)c3)cc(N3CCC(N)C3)c(=O)n2C)cc1F. The Morgan fingerprint density at radius 2 is 1.97 bits per heavy atom. The molecule has 2 N–H and O–H groups in total. The molecule has 32 heavy (non-hydrogen) atoms. The third kappa shape index (κ3) is 3.69. The maximum Gasteiger partial charge on any atom is 0.274 e. The van der Waals surface area contributed by atoms with Crippen molar-refractivity contribution in [3.8, 4) is 34.3 Å². The van der Waals surface area contributed by atoms with Crippen LogP contribution >= 0.6 is 0 Å². The number of methoxy groups -OCH3 is 1. The van der Waals surface area contributed by atoms with Gasteiger partial charge in [-0.15, -0.1) is 0 Å². The summed E-state index contributed by atoms with van der Waals surface area (Å²) in [6.45, 7) is 1.14. The second-order valence-corrected chi connectivity index (χ2v) is 7.67. The van der Waals surface area contributed by atoms with Crippen LogP contribution in [0.4, 0.5) is 14.5 Å². The van der Waals surface area contributed by atoms with Crippen LogP contribution in [-0.2, 0) is 7.05 Å². The van der Waals surface area contributed by atoms with E-state index in [9.17, 15) is 13.6 Å². The van der Waals surface area contributed by atoms with Crippen LogP contribution in [0.5, 0.6) is 5.88 Å². The minimum absolute atomic E-state index is 0.0462. The highest BCUT2D eigenvalue weighted by Crippen LogP contribution is 2.35. The number of halogens is 2. The van der Waals surface area contributed by atoms with E-state index in [1.165, 1.54) is 36.1 Å². The molecule has 1 atom stereocenters. The molecule has 0 aliphatic carbocycles. The summed E-state index contributed by atoms with van der Waals surface area (Å²) in [5, 5.41) is 9.07. The van der Waals surface area contributed by atoms with E-state index in [1.807, 2.05) is 4.90 Å². The van der Waals surface area contributed by atoms with Gasteiger partial charge >= 0.3 is 0 Å². The maximum atomic E-state index is 14.5. The van der Waals surface area contributed by atoms with Gasteiger partial charge in [0.1, 0.15) is 17.6 Å². The molecule has 0 saturated carbocycles. The second kappa shape index (κ2) is 8.40. The number of aromatic nitrogens is 2. The molecular weight excluding hydrogens is 416 g/mol. The molecule has 164 valence electrons. The number of pyridine rings is 2. The van der Waals surface area contributed by atoms with Crippen molar-refractivity contribution in [1.82, 2.24) is 9.55 Å². The van der Waals surface area contributed by atoms with Crippen molar-refractivity contribution in [2.75, 3.05) is 25.1 Å². The van der Waals surface area contributed by atoms with Crippen LogP contribution in [0.25, 0.3) is 22.4 Å². The number of anilines is 1. The summed E-state index contributed by atoms with van der Waals surface area (Å²) in [5.41, 5.74) is 7.69. The summed E-state index contributed by atoms with van der Waals surface area (Å²) < 4.78 is 35.2. The quantitative estimate of drug-likeness (QED) is 0.674. The van der Waals surface area contributed by atoms with Crippen molar-refractivity contribution in [2.24, 2.45) is 12.8 Å². The lowest BCUT2D eigenvalue weighted by molar-refractivity contribution is 0.369. The first-order valence-corrected chi connectivity index (χ1v) is 9.98. The molecule has 3 heterocycles. The molecule has 4 rings (SSSR count). The number of rotatable bonds is 4. The zero-order valence-electron chi connectivity index (χ0n) is 17.6.